The van der Waals surface area contributed by atoms with Gasteiger partial charge in [-0.1, -0.05) is 12.1 Å². The van der Waals surface area contributed by atoms with Gasteiger partial charge < -0.3 is 14.4 Å². The van der Waals surface area contributed by atoms with E-state index < -0.39 is 0 Å². The molecule has 0 bridgehead atoms. The first-order chi connectivity index (χ1) is 11.7. The van der Waals surface area contributed by atoms with Gasteiger partial charge in [0.1, 0.15) is 6.61 Å². The van der Waals surface area contributed by atoms with Crippen molar-refractivity contribution in [1.29, 1.82) is 0 Å². The molecule has 0 saturated carbocycles. The zero-order valence-corrected chi connectivity index (χ0v) is 14.2. The third kappa shape index (κ3) is 3.46. The first-order valence-corrected chi connectivity index (χ1v) is 7.84. The van der Waals surface area contributed by atoms with Gasteiger partial charge in [0.15, 0.2) is 0 Å². The second-order valence-electron chi connectivity index (χ2n) is 5.67. The average Bonchev–Trinajstić information content (AvgIpc) is 2.62. The van der Waals surface area contributed by atoms with Gasteiger partial charge >= 0.3 is 0 Å². The monoisotopic (exact) mass is 323 g/mol. The second kappa shape index (κ2) is 7.27. The molecule has 0 radical (unpaired) electrons. The molecular formula is C19H21N3O2. The van der Waals surface area contributed by atoms with Gasteiger partial charge in [-0.15, -0.1) is 0 Å². The Balaban J connectivity index is 2.01. The van der Waals surface area contributed by atoms with Crippen LogP contribution in [0, 0.1) is 0 Å². The Morgan fingerprint density at radius 2 is 1.83 bits per heavy atom. The van der Waals surface area contributed by atoms with Crippen molar-refractivity contribution in [2.45, 2.75) is 0 Å². The molecule has 0 saturated heterocycles. The Hall–Kier alpha value is -2.66. The van der Waals surface area contributed by atoms with Crippen LogP contribution in [0.4, 0.5) is 5.69 Å². The predicted octanol–water partition coefficient (Wildman–Crippen LogP) is 3.39. The molecule has 0 atom stereocenters. The minimum Gasteiger partial charge on any atom is -0.475 e. The summed E-state index contributed by atoms with van der Waals surface area (Å²) in [7, 11) is 5.70. The Morgan fingerprint density at radius 1 is 1.04 bits per heavy atom. The molecule has 3 aromatic rings. The molecule has 3 rings (SSSR count). The number of aromatic nitrogens is 2. The van der Waals surface area contributed by atoms with Crippen LogP contribution in [0.15, 0.2) is 48.7 Å². The van der Waals surface area contributed by atoms with Crippen molar-refractivity contribution >= 4 is 16.6 Å². The maximum atomic E-state index is 5.80. The van der Waals surface area contributed by atoms with Crippen LogP contribution in [0.25, 0.3) is 22.2 Å². The lowest BCUT2D eigenvalue weighted by Crippen LogP contribution is -2.08. The highest BCUT2D eigenvalue weighted by molar-refractivity contribution is 5.87. The van der Waals surface area contributed by atoms with E-state index in [2.05, 4.69) is 39.1 Å². The van der Waals surface area contributed by atoms with Crippen LogP contribution >= 0.6 is 0 Å². The molecule has 1 aromatic carbocycles. The number of nitrogens with zero attached hydrogens (tertiary/aromatic N) is 3. The van der Waals surface area contributed by atoms with Crippen LogP contribution in [-0.2, 0) is 4.74 Å². The molecule has 24 heavy (non-hydrogen) atoms. The topological polar surface area (TPSA) is 47.5 Å². The maximum absolute atomic E-state index is 5.80. The van der Waals surface area contributed by atoms with Crippen LogP contribution in [0.1, 0.15) is 0 Å². The largest absolute Gasteiger partial charge is 0.475 e. The molecule has 0 fully saturated rings. The molecule has 2 aromatic heterocycles. The summed E-state index contributed by atoms with van der Waals surface area (Å²) in [6, 6.07) is 14.1. The van der Waals surface area contributed by atoms with Crippen molar-refractivity contribution in [3.05, 3.63) is 48.7 Å². The van der Waals surface area contributed by atoms with Crippen molar-refractivity contribution in [3.63, 3.8) is 0 Å². The number of rotatable bonds is 6. The average molecular weight is 323 g/mol. The van der Waals surface area contributed by atoms with Crippen LogP contribution < -0.4 is 9.64 Å². The van der Waals surface area contributed by atoms with Gasteiger partial charge in [-0.25, -0.2) is 4.98 Å². The SMILES string of the molecule is COCCOc1nc(-c2ccc(N(C)C)cc2)cc2ncccc12. The highest BCUT2D eigenvalue weighted by Crippen LogP contribution is 2.29. The Morgan fingerprint density at radius 3 is 2.54 bits per heavy atom. The predicted molar refractivity (Wildman–Crippen MR) is 96.7 cm³/mol. The summed E-state index contributed by atoms with van der Waals surface area (Å²) in [5, 5.41) is 0.905. The summed E-state index contributed by atoms with van der Waals surface area (Å²) in [6.45, 7) is 0.974. The third-order valence-electron chi connectivity index (χ3n) is 3.77. The lowest BCUT2D eigenvalue weighted by molar-refractivity contribution is 0.145. The summed E-state index contributed by atoms with van der Waals surface area (Å²) in [6.07, 6.45) is 1.78. The fourth-order valence-electron chi connectivity index (χ4n) is 2.45. The molecule has 124 valence electrons. The molecule has 5 heteroatoms. The van der Waals surface area contributed by atoms with Crippen LogP contribution in [0.5, 0.6) is 5.88 Å². The van der Waals surface area contributed by atoms with Crippen molar-refractivity contribution in [2.75, 3.05) is 39.3 Å². The number of hydrogen-bond donors (Lipinski definition) is 0. The number of fused-ring (bicyclic) bond motifs is 1. The number of anilines is 1. The summed E-state index contributed by atoms with van der Waals surface area (Å²) in [5.41, 5.74) is 3.89. The molecule has 0 amide bonds. The van der Waals surface area contributed by atoms with E-state index in [1.807, 2.05) is 32.3 Å². The van der Waals surface area contributed by atoms with Gasteiger partial charge in [0.25, 0.3) is 0 Å². The van der Waals surface area contributed by atoms with E-state index in [1.54, 1.807) is 13.3 Å². The molecule has 0 aliphatic heterocycles. The second-order valence-corrected chi connectivity index (χ2v) is 5.67. The molecule has 0 aliphatic carbocycles. The highest BCUT2D eigenvalue weighted by Gasteiger charge is 2.10. The number of methoxy groups -OCH3 is 1. The lowest BCUT2D eigenvalue weighted by atomic mass is 10.1. The van der Waals surface area contributed by atoms with Crippen molar-refractivity contribution in [3.8, 4) is 17.1 Å². The normalized spacial score (nSPS) is 10.8. The van der Waals surface area contributed by atoms with Crippen molar-refractivity contribution in [2.24, 2.45) is 0 Å². The molecule has 0 spiro atoms. The van der Waals surface area contributed by atoms with E-state index >= 15 is 0 Å². The summed E-state index contributed by atoms with van der Waals surface area (Å²) in [4.78, 5) is 11.2. The van der Waals surface area contributed by atoms with Crippen molar-refractivity contribution < 1.29 is 9.47 Å². The Kier molecular flexibility index (Phi) is 4.91. The first kappa shape index (κ1) is 16.2. The van der Waals surface area contributed by atoms with Crippen LogP contribution in [0.3, 0.4) is 0 Å². The standard InChI is InChI=1S/C19H21N3O2/c1-22(2)15-8-6-14(7-9-15)17-13-18-16(5-4-10-20-18)19(21-17)24-12-11-23-3/h4-10,13H,11-12H2,1-3H3. The number of benzene rings is 1. The van der Waals surface area contributed by atoms with Gasteiger partial charge in [0.05, 0.1) is 23.2 Å². The van der Waals surface area contributed by atoms with E-state index in [1.165, 1.54) is 0 Å². The van der Waals surface area contributed by atoms with Crippen molar-refractivity contribution in [1.82, 2.24) is 9.97 Å². The molecule has 5 nitrogen and oxygen atoms in total. The van der Waals surface area contributed by atoms with Gasteiger partial charge in [-0.2, -0.15) is 0 Å². The fourth-order valence-corrected chi connectivity index (χ4v) is 2.45. The highest BCUT2D eigenvalue weighted by atomic mass is 16.5. The van der Waals surface area contributed by atoms with E-state index in [0.29, 0.717) is 19.1 Å². The summed E-state index contributed by atoms with van der Waals surface area (Å²) < 4.78 is 10.9. The summed E-state index contributed by atoms with van der Waals surface area (Å²) >= 11 is 0. The fraction of sp³-hybridized carbons (Fsp3) is 0.263. The third-order valence-corrected chi connectivity index (χ3v) is 3.77. The van der Waals surface area contributed by atoms with E-state index in [-0.39, 0.29) is 0 Å². The Bertz CT molecular complexity index is 816. The van der Waals surface area contributed by atoms with Crippen LogP contribution in [-0.4, -0.2) is 44.4 Å². The van der Waals surface area contributed by atoms with E-state index in [9.17, 15) is 0 Å². The zero-order valence-electron chi connectivity index (χ0n) is 14.2. The summed E-state index contributed by atoms with van der Waals surface area (Å²) in [5.74, 6) is 0.587. The molecule has 2 heterocycles. The van der Waals surface area contributed by atoms with E-state index in [4.69, 9.17) is 9.47 Å². The van der Waals surface area contributed by atoms with Gasteiger partial charge in [0.2, 0.25) is 5.88 Å². The molecule has 0 N–H and O–H groups in total. The van der Waals surface area contributed by atoms with Crippen LogP contribution in [0.2, 0.25) is 0 Å². The zero-order chi connectivity index (χ0) is 16.9. The number of hydrogen-bond acceptors (Lipinski definition) is 5. The molecule has 0 aliphatic rings. The molecular weight excluding hydrogens is 302 g/mol. The minimum absolute atomic E-state index is 0.455. The minimum atomic E-state index is 0.455. The Labute approximate surface area is 141 Å². The van der Waals surface area contributed by atoms with Gasteiger partial charge in [-0.05, 0) is 30.3 Å². The smallest absolute Gasteiger partial charge is 0.223 e. The van der Waals surface area contributed by atoms with E-state index in [0.717, 1.165) is 27.8 Å². The van der Waals surface area contributed by atoms with Gasteiger partial charge in [-0.3, -0.25) is 4.98 Å². The molecule has 0 unspecified atom stereocenters. The van der Waals surface area contributed by atoms with Gasteiger partial charge in [0, 0.05) is 38.7 Å². The number of pyridine rings is 2. The quantitative estimate of drug-likeness (QED) is 0.651. The number of ether oxygens (including phenoxy) is 2. The maximum Gasteiger partial charge on any atom is 0.223 e. The first-order valence-electron chi connectivity index (χ1n) is 7.84. The lowest BCUT2D eigenvalue weighted by Gasteiger charge is -2.13.